The molecule has 0 unspecified atom stereocenters. The minimum Gasteiger partial charge on any atom is -0.201 e. The summed E-state index contributed by atoms with van der Waals surface area (Å²) in [6.45, 7) is 11.3. The topological polar surface area (TPSA) is 3.88 Å². The third-order valence-corrected chi connectivity index (χ3v) is 5.93. The minimum absolute atomic E-state index is 0.524. The lowest BCUT2D eigenvalue weighted by Crippen LogP contribution is -2.32. The van der Waals surface area contributed by atoms with Crippen molar-refractivity contribution in [3.8, 4) is 22.4 Å². The average molecular weight is 343 g/mol. The van der Waals surface area contributed by atoms with Crippen LogP contribution in [0.1, 0.15) is 53.1 Å². The van der Waals surface area contributed by atoms with E-state index in [9.17, 15) is 0 Å². The van der Waals surface area contributed by atoms with Crippen LogP contribution in [0, 0.1) is 20.8 Å². The van der Waals surface area contributed by atoms with Crippen molar-refractivity contribution >= 4 is 0 Å². The lowest BCUT2D eigenvalue weighted by molar-refractivity contribution is -0.660. The molecule has 1 aromatic heterocycles. The third kappa shape index (κ3) is 2.49. The van der Waals surface area contributed by atoms with E-state index in [2.05, 4.69) is 88.8 Å². The molecular formula is C25H28N+. The Morgan fingerprint density at radius 3 is 2.35 bits per heavy atom. The fraction of sp³-hybridized carbons (Fsp3) is 0.320. The molecule has 1 aliphatic carbocycles. The number of rotatable bonds is 2. The largest absolute Gasteiger partial charge is 0.213 e. The lowest BCUT2D eigenvalue weighted by Gasteiger charge is -2.18. The molecule has 4 rings (SSSR count). The predicted octanol–water partition coefficient (Wildman–Crippen LogP) is 5.80. The van der Waals surface area contributed by atoms with Crippen molar-refractivity contribution in [1.82, 2.24) is 0 Å². The highest BCUT2D eigenvalue weighted by molar-refractivity contribution is 5.87. The van der Waals surface area contributed by atoms with Crippen molar-refractivity contribution in [1.29, 1.82) is 0 Å². The Kier molecular flexibility index (Phi) is 3.99. The molecule has 132 valence electrons. The summed E-state index contributed by atoms with van der Waals surface area (Å²) in [6.07, 6.45) is 3.30. The first-order valence-corrected chi connectivity index (χ1v) is 9.60. The lowest BCUT2D eigenvalue weighted by atomic mass is 9.85. The van der Waals surface area contributed by atoms with Gasteiger partial charge in [0.1, 0.15) is 7.05 Å². The molecule has 0 N–H and O–H groups in total. The molecule has 0 aliphatic heterocycles. The first kappa shape index (κ1) is 17.0. The highest BCUT2D eigenvalue weighted by Gasteiger charge is 2.29. The van der Waals surface area contributed by atoms with E-state index in [1.807, 2.05) is 0 Å². The summed E-state index contributed by atoms with van der Waals surface area (Å²) >= 11 is 0. The second kappa shape index (κ2) is 6.09. The molecule has 1 heteroatoms. The summed E-state index contributed by atoms with van der Waals surface area (Å²) in [4.78, 5) is 0. The van der Waals surface area contributed by atoms with Gasteiger partial charge in [0.2, 0.25) is 5.69 Å². The van der Waals surface area contributed by atoms with Crippen LogP contribution >= 0.6 is 0 Å². The maximum absolute atomic E-state index is 2.43. The van der Waals surface area contributed by atoms with E-state index in [1.54, 1.807) is 0 Å². The summed E-state index contributed by atoms with van der Waals surface area (Å²) in [5.74, 6) is 0.524. The van der Waals surface area contributed by atoms with Crippen molar-refractivity contribution in [2.24, 2.45) is 7.05 Å². The van der Waals surface area contributed by atoms with Crippen LogP contribution in [0.25, 0.3) is 22.4 Å². The molecule has 1 aliphatic rings. The van der Waals surface area contributed by atoms with Crippen LogP contribution in [0.4, 0.5) is 0 Å². The van der Waals surface area contributed by atoms with E-state index >= 15 is 0 Å². The zero-order valence-corrected chi connectivity index (χ0v) is 16.8. The Balaban J connectivity index is 2.07. The first-order valence-electron chi connectivity index (χ1n) is 9.60. The number of benzene rings is 2. The molecule has 3 aromatic rings. The molecular weight excluding hydrogens is 314 g/mol. The number of nitrogens with zero attached hydrogens (tertiary/aromatic N) is 1. The number of pyridine rings is 1. The molecule has 0 fully saturated rings. The zero-order chi connectivity index (χ0) is 18.6. The third-order valence-electron chi connectivity index (χ3n) is 5.93. The minimum atomic E-state index is 0.524. The van der Waals surface area contributed by atoms with E-state index in [4.69, 9.17) is 0 Å². The van der Waals surface area contributed by atoms with Crippen LogP contribution in [0.5, 0.6) is 0 Å². The molecule has 0 spiro atoms. The van der Waals surface area contributed by atoms with Gasteiger partial charge >= 0.3 is 0 Å². The maximum Gasteiger partial charge on any atom is 0.213 e. The van der Waals surface area contributed by atoms with Gasteiger partial charge < -0.3 is 0 Å². The first-order chi connectivity index (χ1) is 12.4. The van der Waals surface area contributed by atoms with Crippen LogP contribution in [-0.4, -0.2) is 0 Å². The van der Waals surface area contributed by atoms with Gasteiger partial charge in [0.15, 0.2) is 6.20 Å². The van der Waals surface area contributed by atoms with Gasteiger partial charge in [-0.05, 0) is 72.1 Å². The number of fused-ring (bicyclic) bond motifs is 3. The van der Waals surface area contributed by atoms with Crippen molar-refractivity contribution in [2.75, 3.05) is 0 Å². The quantitative estimate of drug-likeness (QED) is 0.405. The summed E-state index contributed by atoms with van der Waals surface area (Å²) < 4.78 is 2.29. The maximum atomic E-state index is 2.43. The molecule has 2 aromatic carbocycles. The van der Waals surface area contributed by atoms with Crippen molar-refractivity contribution < 1.29 is 4.57 Å². The molecule has 0 atom stereocenters. The predicted molar refractivity (Wildman–Crippen MR) is 110 cm³/mol. The van der Waals surface area contributed by atoms with Crippen molar-refractivity contribution in [3.63, 3.8) is 0 Å². The van der Waals surface area contributed by atoms with Crippen LogP contribution in [0.15, 0.2) is 42.6 Å². The van der Waals surface area contributed by atoms with E-state index < -0.39 is 0 Å². The number of aromatic nitrogens is 1. The Labute approximate surface area is 157 Å². The summed E-state index contributed by atoms with van der Waals surface area (Å²) in [5.41, 5.74) is 14.2. The smallest absolute Gasteiger partial charge is 0.201 e. The highest BCUT2D eigenvalue weighted by atomic mass is 14.9. The Morgan fingerprint density at radius 2 is 1.62 bits per heavy atom. The van der Waals surface area contributed by atoms with Gasteiger partial charge in [-0.15, -0.1) is 0 Å². The highest BCUT2D eigenvalue weighted by Crippen LogP contribution is 2.46. The zero-order valence-electron chi connectivity index (χ0n) is 16.8. The molecule has 0 bridgehead atoms. The molecule has 0 amide bonds. The summed E-state index contributed by atoms with van der Waals surface area (Å²) in [5, 5.41) is 0. The molecule has 0 radical (unpaired) electrons. The van der Waals surface area contributed by atoms with Gasteiger partial charge in [0, 0.05) is 11.6 Å². The van der Waals surface area contributed by atoms with Crippen LogP contribution in [0.2, 0.25) is 0 Å². The van der Waals surface area contributed by atoms with Crippen LogP contribution in [-0.2, 0) is 13.5 Å². The van der Waals surface area contributed by atoms with Crippen LogP contribution < -0.4 is 4.57 Å². The van der Waals surface area contributed by atoms with Gasteiger partial charge in [0.05, 0.1) is 5.56 Å². The summed E-state index contributed by atoms with van der Waals surface area (Å²) in [6, 6.07) is 13.7. The summed E-state index contributed by atoms with van der Waals surface area (Å²) in [7, 11) is 2.17. The van der Waals surface area contributed by atoms with Crippen LogP contribution in [0.3, 0.4) is 0 Å². The number of hydrogen-bond donors (Lipinski definition) is 0. The second-order valence-corrected chi connectivity index (χ2v) is 8.14. The van der Waals surface area contributed by atoms with Gasteiger partial charge in [0.25, 0.3) is 0 Å². The van der Waals surface area contributed by atoms with Gasteiger partial charge in [-0.1, -0.05) is 44.2 Å². The Bertz CT molecular complexity index is 1020. The molecule has 1 heterocycles. The van der Waals surface area contributed by atoms with Crippen molar-refractivity contribution in [2.45, 2.75) is 47.0 Å². The van der Waals surface area contributed by atoms with Gasteiger partial charge in [-0.2, -0.15) is 0 Å². The van der Waals surface area contributed by atoms with E-state index in [0.717, 1.165) is 6.42 Å². The van der Waals surface area contributed by atoms with E-state index in [0.29, 0.717) is 5.92 Å². The molecule has 1 nitrogen and oxygen atoms in total. The van der Waals surface area contributed by atoms with Gasteiger partial charge in [-0.3, -0.25) is 0 Å². The standard InChI is InChI=1S/C25H28N/c1-15(2)21-11-17(4)24(23-12-16(3)18(5)14-26(23)6)22-13-19-9-7-8-10-20(19)25(21)22/h7-12,14-15H,13H2,1-6H3/q+1. The monoisotopic (exact) mass is 342 g/mol. The Hall–Kier alpha value is -2.41. The van der Waals surface area contributed by atoms with E-state index in [-0.39, 0.29) is 0 Å². The average Bonchev–Trinajstić information content (AvgIpc) is 2.97. The molecule has 0 saturated carbocycles. The number of hydrogen-bond acceptors (Lipinski definition) is 0. The fourth-order valence-electron chi connectivity index (χ4n) is 4.46. The van der Waals surface area contributed by atoms with E-state index in [1.165, 1.54) is 55.8 Å². The Morgan fingerprint density at radius 1 is 0.885 bits per heavy atom. The normalized spacial score (nSPS) is 12.4. The fourth-order valence-corrected chi connectivity index (χ4v) is 4.46. The molecule has 0 saturated heterocycles. The SMILES string of the molecule is Cc1cc(-c2c(C)cc(C(C)C)c3c2Cc2ccccc2-3)[n+](C)cc1C. The van der Waals surface area contributed by atoms with Crippen molar-refractivity contribution in [3.05, 3.63) is 76.0 Å². The second-order valence-electron chi connectivity index (χ2n) is 8.14. The molecule has 26 heavy (non-hydrogen) atoms. The van der Waals surface area contributed by atoms with Gasteiger partial charge in [-0.25, -0.2) is 4.57 Å². The number of aryl methyl sites for hydroxylation is 4.